The molecule has 0 saturated heterocycles. The van der Waals surface area contributed by atoms with Crippen molar-refractivity contribution in [1.82, 2.24) is 0 Å². The van der Waals surface area contributed by atoms with Gasteiger partial charge in [0.15, 0.2) is 0 Å². The van der Waals surface area contributed by atoms with Crippen LogP contribution < -0.4 is 0 Å². The lowest BCUT2D eigenvalue weighted by molar-refractivity contribution is -0.155. The van der Waals surface area contributed by atoms with Crippen molar-refractivity contribution in [1.29, 1.82) is 0 Å². The molecule has 6 nitrogen and oxygen atoms in total. The first-order chi connectivity index (χ1) is 15.4. The summed E-state index contributed by atoms with van der Waals surface area (Å²) < 4.78 is 10.6. The lowest BCUT2D eigenvalue weighted by atomic mass is 9.48. The highest BCUT2D eigenvalue weighted by Gasteiger charge is 2.61. The number of carbonyl (C=O) groups is 4. The van der Waals surface area contributed by atoms with Crippen molar-refractivity contribution in [3.63, 3.8) is 0 Å². The summed E-state index contributed by atoms with van der Waals surface area (Å²) in [5.41, 5.74) is -0.0406. The van der Waals surface area contributed by atoms with Gasteiger partial charge in [0.25, 0.3) is 0 Å². The maximum absolute atomic E-state index is 13.2. The first-order valence-corrected chi connectivity index (χ1v) is 12.7. The number of ketones is 2. The summed E-state index contributed by atoms with van der Waals surface area (Å²) in [4.78, 5) is 48.9. The number of rotatable bonds is 8. The zero-order valence-corrected chi connectivity index (χ0v) is 21.3. The lowest BCUT2D eigenvalue weighted by Gasteiger charge is -2.56. The Labute approximate surface area is 198 Å². The van der Waals surface area contributed by atoms with E-state index >= 15 is 0 Å². The van der Waals surface area contributed by atoms with E-state index in [1.54, 1.807) is 0 Å². The maximum atomic E-state index is 13.2. The highest BCUT2D eigenvalue weighted by Crippen LogP contribution is 2.65. The molecule has 0 radical (unpaired) electrons. The van der Waals surface area contributed by atoms with Crippen LogP contribution >= 0.6 is 0 Å². The van der Waals surface area contributed by atoms with Crippen molar-refractivity contribution in [3.8, 4) is 0 Å². The molecule has 0 bridgehead atoms. The average Bonchev–Trinajstić information content (AvgIpc) is 2.96. The minimum Gasteiger partial charge on any atom is -0.466 e. The Morgan fingerprint density at radius 1 is 1.06 bits per heavy atom. The number of esters is 2. The summed E-state index contributed by atoms with van der Waals surface area (Å²) >= 11 is 0. The molecule has 3 aliphatic rings. The Morgan fingerprint density at radius 3 is 2.39 bits per heavy atom. The first kappa shape index (κ1) is 25.9. The fourth-order valence-corrected chi connectivity index (χ4v) is 7.41. The fraction of sp³-hybridized carbons (Fsp3) is 0.852. The molecule has 0 aliphatic heterocycles. The molecule has 0 N–H and O–H groups in total. The van der Waals surface area contributed by atoms with Crippen LogP contribution in [0.1, 0.15) is 92.9 Å². The van der Waals surface area contributed by atoms with Crippen molar-refractivity contribution < 1.29 is 28.7 Å². The summed E-state index contributed by atoms with van der Waals surface area (Å²) in [6, 6.07) is 0. The van der Waals surface area contributed by atoms with E-state index in [1.807, 2.05) is 13.8 Å². The van der Waals surface area contributed by atoms with Gasteiger partial charge in [0.1, 0.15) is 17.7 Å². The van der Waals surface area contributed by atoms with E-state index in [4.69, 9.17) is 9.47 Å². The number of hydrogen-bond donors (Lipinski definition) is 0. The van der Waals surface area contributed by atoms with Crippen LogP contribution in [0.2, 0.25) is 0 Å². The highest BCUT2D eigenvalue weighted by molar-refractivity contribution is 5.92. The smallest absolute Gasteiger partial charge is 0.302 e. The largest absolute Gasteiger partial charge is 0.466 e. The molecule has 3 rings (SSSR count). The predicted molar refractivity (Wildman–Crippen MR) is 124 cm³/mol. The van der Waals surface area contributed by atoms with E-state index in [9.17, 15) is 19.2 Å². The van der Waals surface area contributed by atoms with Crippen LogP contribution in [0.3, 0.4) is 0 Å². The van der Waals surface area contributed by atoms with Gasteiger partial charge >= 0.3 is 11.9 Å². The Bertz CT molecular complexity index is 789. The fourth-order valence-electron chi connectivity index (χ4n) is 7.41. The van der Waals surface area contributed by atoms with Gasteiger partial charge < -0.3 is 9.47 Å². The molecule has 8 atom stereocenters. The van der Waals surface area contributed by atoms with E-state index in [0.717, 1.165) is 32.1 Å². The van der Waals surface area contributed by atoms with Gasteiger partial charge in [0.05, 0.1) is 6.61 Å². The first-order valence-electron chi connectivity index (χ1n) is 12.7. The van der Waals surface area contributed by atoms with Crippen molar-refractivity contribution in [2.45, 2.75) is 99.0 Å². The van der Waals surface area contributed by atoms with Crippen LogP contribution in [0.5, 0.6) is 0 Å². The van der Waals surface area contributed by atoms with Crippen molar-refractivity contribution >= 4 is 23.5 Å². The van der Waals surface area contributed by atoms with Crippen molar-refractivity contribution in [2.24, 2.45) is 40.4 Å². The SMILES string of the molecule is CC(=O)OC[C@@H](C)CCC(=O)[C@@H](C)[C@@H]1C(=O)C[C@H]2C[C@H]3C[C@@H](OC(C)=O)CC[C@@]3(C)C[C@@]21C. The van der Waals surface area contributed by atoms with Crippen molar-refractivity contribution in [2.75, 3.05) is 6.61 Å². The number of fused-ring (bicyclic) bond motifs is 2. The van der Waals surface area contributed by atoms with Gasteiger partial charge in [-0.05, 0) is 67.1 Å². The van der Waals surface area contributed by atoms with Crippen LogP contribution in [0.25, 0.3) is 0 Å². The summed E-state index contributed by atoms with van der Waals surface area (Å²) in [5.74, 6) is 0.238. The third-order valence-electron chi connectivity index (χ3n) is 9.16. The van der Waals surface area contributed by atoms with Crippen molar-refractivity contribution in [3.05, 3.63) is 0 Å². The minimum atomic E-state index is -0.303. The minimum absolute atomic E-state index is 0.00712. The molecule has 3 saturated carbocycles. The van der Waals surface area contributed by atoms with Crippen LogP contribution in [0, 0.1) is 40.4 Å². The molecule has 0 spiro atoms. The Kier molecular flexibility index (Phi) is 7.75. The molecule has 0 amide bonds. The normalized spacial score (nSPS) is 37.5. The zero-order valence-electron chi connectivity index (χ0n) is 21.3. The van der Waals surface area contributed by atoms with Crippen LogP contribution in [-0.2, 0) is 28.7 Å². The van der Waals surface area contributed by atoms with Crippen LogP contribution in [-0.4, -0.2) is 36.2 Å². The molecule has 0 aromatic rings. The third-order valence-corrected chi connectivity index (χ3v) is 9.16. The molecule has 0 aromatic carbocycles. The molecule has 0 heterocycles. The average molecular weight is 463 g/mol. The Morgan fingerprint density at radius 2 is 1.76 bits per heavy atom. The Hall–Kier alpha value is -1.72. The van der Waals surface area contributed by atoms with E-state index in [1.165, 1.54) is 13.8 Å². The van der Waals surface area contributed by atoms with Gasteiger partial charge in [-0.15, -0.1) is 0 Å². The van der Waals surface area contributed by atoms with Crippen LogP contribution in [0.4, 0.5) is 0 Å². The van der Waals surface area contributed by atoms with Gasteiger partial charge in [-0.1, -0.05) is 27.7 Å². The summed E-state index contributed by atoms with van der Waals surface area (Å²) in [6.07, 6.45) is 6.32. The number of Topliss-reactive ketones (excluding diaryl/α,β-unsaturated/α-hetero) is 2. The Balaban J connectivity index is 1.67. The number of hydrogen-bond acceptors (Lipinski definition) is 6. The second-order valence-corrected chi connectivity index (χ2v) is 11.8. The highest BCUT2D eigenvalue weighted by atomic mass is 16.5. The molecule has 0 unspecified atom stereocenters. The summed E-state index contributed by atoms with van der Waals surface area (Å²) in [5, 5.41) is 0. The van der Waals surface area contributed by atoms with Gasteiger partial charge in [-0.2, -0.15) is 0 Å². The molecule has 0 aromatic heterocycles. The number of ether oxygens (including phenoxy) is 2. The lowest BCUT2D eigenvalue weighted by Crippen LogP contribution is -2.50. The van der Waals surface area contributed by atoms with Gasteiger partial charge in [0, 0.05) is 38.5 Å². The monoisotopic (exact) mass is 462 g/mol. The van der Waals surface area contributed by atoms with E-state index < -0.39 is 0 Å². The molecular formula is C27H42O6. The molecule has 3 fully saturated rings. The quantitative estimate of drug-likeness (QED) is 0.476. The zero-order chi connectivity index (χ0) is 24.6. The second kappa shape index (κ2) is 9.87. The molecule has 3 aliphatic carbocycles. The van der Waals surface area contributed by atoms with Crippen LogP contribution in [0.15, 0.2) is 0 Å². The van der Waals surface area contributed by atoms with Gasteiger partial charge in [0.2, 0.25) is 0 Å². The molecule has 186 valence electrons. The number of carbonyl (C=O) groups excluding carboxylic acids is 4. The second-order valence-electron chi connectivity index (χ2n) is 11.8. The summed E-state index contributed by atoms with van der Waals surface area (Å²) in [6.45, 7) is 11.7. The standard InChI is InChI=1S/C27H42O6/c1-16(14-32-18(3)28)7-8-23(30)17(2)25-24(31)13-21-11-20-12-22(33-19(4)29)9-10-26(20,5)15-27(21,25)6/h16-17,20-22,25H,7-15H2,1-6H3/t16-,17+,20-,21+,22-,25+,26-,27-/m0/s1. The van der Waals surface area contributed by atoms with E-state index in [0.29, 0.717) is 37.7 Å². The van der Waals surface area contributed by atoms with Gasteiger partial charge in [-0.3, -0.25) is 19.2 Å². The maximum Gasteiger partial charge on any atom is 0.302 e. The van der Waals surface area contributed by atoms with E-state index in [-0.39, 0.29) is 58.2 Å². The van der Waals surface area contributed by atoms with E-state index in [2.05, 4.69) is 13.8 Å². The summed E-state index contributed by atoms with van der Waals surface area (Å²) in [7, 11) is 0. The predicted octanol–water partition coefficient (Wildman–Crippen LogP) is 4.91. The third kappa shape index (κ3) is 5.51. The molecule has 33 heavy (non-hydrogen) atoms. The molecular weight excluding hydrogens is 420 g/mol. The molecule has 6 heteroatoms. The van der Waals surface area contributed by atoms with Gasteiger partial charge in [-0.25, -0.2) is 0 Å². The topological polar surface area (TPSA) is 86.7 Å².